The lowest BCUT2D eigenvalue weighted by molar-refractivity contribution is -0.114. The summed E-state index contributed by atoms with van der Waals surface area (Å²) < 4.78 is 30.3. The lowest BCUT2D eigenvalue weighted by Gasteiger charge is -2.20. The Morgan fingerprint density at radius 1 is 1.19 bits per heavy atom. The smallest absolute Gasteiger partial charge is 0.339 e. The second-order valence-corrected chi connectivity index (χ2v) is 9.38. The first-order chi connectivity index (χ1) is 14.8. The molecule has 0 spiro atoms. The molecule has 0 atom stereocenters. The minimum atomic E-state index is -4.00. The molecule has 2 aliphatic heterocycles. The van der Waals surface area contributed by atoms with E-state index in [2.05, 4.69) is 10.1 Å². The number of carbonyl (C=O) groups excluding carboxylic acids is 1. The highest BCUT2D eigenvalue weighted by Crippen LogP contribution is 2.29. The van der Waals surface area contributed by atoms with E-state index in [1.54, 1.807) is 24.3 Å². The molecule has 0 aliphatic carbocycles. The van der Waals surface area contributed by atoms with Crippen LogP contribution in [0.4, 0.5) is 0 Å². The highest BCUT2D eigenvalue weighted by atomic mass is 32.2. The van der Waals surface area contributed by atoms with Crippen LogP contribution in [0.3, 0.4) is 0 Å². The van der Waals surface area contributed by atoms with Gasteiger partial charge in [-0.25, -0.2) is 0 Å². The number of nitrogens with one attached hydrogen (secondary N) is 1. The van der Waals surface area contributed by atoms with Crippen LogP contribution < -0.4 is 4.18 Å². The summed E-state index contributed by atoms with van der Waals surface area (Å²) in [5, 5.41) is 15.1. The molecule has 2 aromatic rings. The molecule has 4 rings (SSSR count). The third kappa shape index (κ3) is 4.30. The number of thioether (sulfide) groups is 1. The van der Waals surface area contributed by atoms with Crippen molar-refractivity contribution in [2.24, 2.45) is 10.1 Å². The molecule has 2 aromatic carbocycles. The van der Waals surface area contributed by atoms with Crippen LogP contribution in [0.5, 0.6) is 5.75 Å². The van der Waals surface area contributed by atoms with Crippen molar-refractivity contribution in [3.63, 3.8) is 0 Å². The summed E-state index contributed by atoms with van der Waals surface area (Å²) in [5.41, 5.74) is 1.49. The van der Waals surface area contributed by atoms with Gasteiger partial charge in [0.05, 0.1) is 5.57 Å². The number of rotatable bonds is 5. The molecule has 0 fully saturated rings. The lowest BCUT2D eigenvalue weighted by atomic mass is 10.1. The zero-order valence-corrected chi connectivity index (χ0v) is 18.3. The molecule has 1 amide bonds. The Hall–Kier alpha value is -3.24. The first-order valence-electron chi connectivity index (χ1n) is 9.37. The van der Waals surface area contributed by atoms with E-state index in [-0.39, 0.29) is 22.1 Å². The summed E-state index contributed by atoms with van der Waals surface area (Å²) in [6.07, 6.45) is 2.15. The van der Waals surface area contributed by atoms with Gasteiger partial charge in [0, 0.05) is 0 Å². The molecular weight excluding hydrogens is 436 g/mol. The highest BCUT2D eigenvalue weighted by Gasteiger charge is 2.35. The number of hydrogen-bond donors (Lipinski definition) is 1. The quantitative estimate of drug-likeness (QED) is 0.543. The van der Waals surface area contributed by atoms with Crippen molar-refractivity contribution in [3.8, 4) is 5.75 Å². The summed E-state index contributed by atoms with van der Waals surface area (Å²) in [4.78, 5) is 16.5. The lowest BCUT2D eigenvalue weighted by Crippen LogP contribution is -2.35. The average Bonchev–Trinajstić information content (AvgIpc) is 3.15. The van der Waals surface area contributed by atoms with E-state index in [1.807, 2.05) is 13.8 Å². The van der Waals surface area contributed by atoms with E-state index >= 15 is 0 Å². The average molecular weight is 455 g/mol. The number of nitrogens with zero attached hydrogens (tertiary/aromatic N) is 3. The number of benzene rings is 2. The largest absolute Gasteiger partial charge is 0.379 e. The summed E-state index contributed by atoms with van der Waals surface area (Å²) in [6, 6.07) is 12.6. The normalized spacial score (nSPS) is 17.5. The van der Waals surface area contributed by atoms with Gasteiger partial charge in [-0.05, 0) is 61.0 Å². The fraction of sp³-hybridized carbons (Fsp3) is 0.143. The maximum Gasteiger partial charge on any atom is 0.339 e. The van der Waals surface area contributed by atoms with Gasteiger partial charge in [-0.15, -0.1) is 0 Å². The van der Waals surface area contributed by atoms with Gasteiger partial charge < -0.3 is 4.18 Å². The number of aliphatic imine (C=N–C) groups is 1. The van der Waals surface area contributed by atoms with E-state index in [0.29, 0.717) is 17.2 Å². The van der Waals surface area contributed by atoms with Crippen LogP contribution >= 0.6 is 11.8 Å². The Morgan fingerprint density at radius 2 is 1.94 bits per heavy atom. The minimum Gasteiger partial charge on any atom is -0.379 e. The molecule has 0 bridgehead atoms. The molecule has 31 heavy (non-hydrogen) atoms. The van der Waals surface area contributed by atoms with Gasteiger partial charge in [0.1, 0.15) is 15.7 Å². The van der Waals surface area contributed by atoms with Gasteiger partial charge in [0.2, 0.25) is 5.17 Å². The standard InChI is InChI=1S/C21H18N4O4S2/c1-3-18-24-25-19(22)17(20(26)23-21(25)30-18)12-14-5-4-6-15(11-14)29-31(27,28)16-9-7-13(2)8-10-16/h4-12,22H,3H2,1-2H3. The van der Waals surface area contributed by atoms with Crippen LogP contribution in [-0.4, -0.2) is 35.4 Å². The van der Waals surface area contributed by atoms with E-state index in [4.69, 9.17) is 9.59 Å². The van der Waals surface area contributed by atoms with Crippen LogP contribution in [0.2, 0.25) is 0 Å². The summed E-state index contributed by atoms with van der Waals surface area (Å²) in [7, 11) is -4.00. The summed E-state index contributed by atoms with van der Waals surface area (Å²) >= 11 is 1.27. The SMILES string of the molecule is CCC1=NN2C(=N)C(=Cc3cccc(OS(=O)(=O)c4ccc(C)cc4)c3)C(=O)N=C2S1. The molecule has 2 aliphatic rings. The van der Waals surface area contributed by atoms with Crippen molar-refractivity contribution in [2.75, 3.05) is 0 Å². The van der Waals surface area contributed by atoms with Gasteiger partial charge in [0.25, 0.3) is 5.91 Å². The highest BCUT2D eigenvalue weighted by molar-refractivity contribution is 8.26. The monoisotopic (exact) mass is 454 g/mol. The summed E-state index contributed by atoms with van der Waals surface area (Å²) in [6.45, 7) is 3.80. The summed E-state index contributed by atoms with van der Waals surface area (Å²) in [5.74, 6) is -0.531. The predicted molar refractivity (Wildman–Crippen MR) is 121 cm³/mol. The van der Waals surface area contributed by atoms with Crippen molar-refractivity contribution < 1.29 is 17.4 Å². The van der Waals surface area contributed by atoms with E-state index < -0.39 is 16.0 Å². The van der Waals surface area contributed by atoms with Crippen molar-refractivity contribution in [2.45, 2.75) is 25.2 Å². The predicted octanol–water partition coefficient (Wildman–Crippen LogP) is 3.79. The van der Waals surface area contributed by atoms with Crippen LogP contribution in [0.1, 0.15) is 24.5 Å². The molecule has 158 valence electrons. The molecular formula is C21H18N4O4S2. The first-order valence-corrected chi connectivity index (χ1v) is 11.6. The van der Waals surface area contributed by atoms with Crippen molar-refractivity contribution in [1.29, 1.82) is 5.41 Å². The van der Waals surface area contributed by atoms with Gasteiger partial charge in [-0.1, -0.05) is 36.8 Å². The van der Waals surface area contributed by atoms with Crippen LogP contribution in [-0.2, 0) is 14.9 Å². The molecule has 10 heteroatoms. The Bertz CT molecular complexity index is 1280. The fourth-order valence-corrected chi connectivity index (χ4v) is 4.62. The van der Waals surface area contributed by atoms with Gasteiger partial charge in [0.15, 0.2) is 5.84 Å². The molecule has 0 unspecified atom stereocenters. The minimum absolute atomic E-state index is 0.0454. The number of amidine groups is 2. The number of amides is 1. The van der Waals surface area contributed by atoms with E-state index in [1.165, 1.54) is 47.1 Å². The van der Waals surface area contributed by atoms with Gasteiger partial charge in [-0.3, -0.25) is 10.2 Å². The van der Waals surface area contributed by atoms with Crippen molar-refractivity contribution >= 4 is 49.9 Å². The van der Waals surface area contributed by atoms with Crippen LogP contribution in [0.15, 0.2) is 69.1 Å². The number of carbonyl (C=O) groups is 1. The van der Waals surface area contributed by atoms with Crippen molar-refractivity contribution in [3.05, 3.63) is 65.2 Å². The molecule has 0 aromatic heterocycles. The number of hydrazone groups is 1. The molecule has 1 N–H and O–H groups in total. The van der Waals surface area contributed by atoms with Gasteiger partial charge >= 0.3 is 10.1 Å². The van der Waals surface area contributed by atoms with Crippen molar-refractivity contribution in [1.82, 2.24) is 5.01 Å². The second kappa shape index (κ2) is 8.12. The molecule has 2 heterocycles. The zero-order valence-electron chi connectivity index (χ0n) is 16.7. The first kappa shape index (κ1) is 21.0. The van der Waals surface area contributed by atoms with E-state index in [9.17, 15) is 13.2 Å². The molecule has 8 nitrogen and oxygen atoms in total. The second-order valence-electron chi connectivity index (χ2n) is 6.79. The molecule has 0 saturated carbocycles. The van der Waals surface area contributed by atoms with Gasteiger partial charge in [-0.2, -0.15) is 23.5 Å². The van der Waals surface area contributed by atoms with E-state index in [0.717, 1.165) is 10.6 Å². The van der Waals surface area contributed by atoms with Crippen LogP contribution in [0, 0.1) is 12.3 Å². The zero-order chi connectivity index (χ0) is 22.2. The topological polar surface area (TPSA) is 112 Å². The third-order valence-electron chi connectivity index (χ3n) is 4.48. The number of fused-ring (bicyclic) bond motifs is 1. The number of aryl methyl sites for hydroxylation is 1. The Labute approximate surface area is 184 Å². The Morgan fingerprint density at radius 3 is 2.65 bits per heavy atom. The Kier molecular flexibility index (Phi) is 5.50. The third-order valence-corrected chi connectivity index (χ3v) is 6.80. The molecule has 0 saturated heterocycles. The maximum atomic E-state index is 12.5. The maximum absolute atomic E-state index is 12.5. The molecule has 0 radical (unpaired) electrons. The number of hydrogen-bond acceptors (Lipinski definition) is 7. The fourth-order valence-electron chi connectivity index (χ4n) is 2.88. The Balaban J connectivity index is 1.61. The van der Waals surface area contributed by atoms with Crippen LogP contribution in [0.25, 0.3) is 6.08 Å².